The van der Waals surface area contributed by atoms with Gasteiger partial charge in [0.2, 0.25) is 0 Å². The van der Waals surface area contributed by atoms with Crippen LogP contribution in [0, 0.1) is 0 Å². The molecular formula is C53H100NO7P. The predicted molar refractivity (Wildman–Crippen MR) is 266 cm³/mol. The molecule has 0 fully saturated rings. The molecule has 0 bridgehead atoms. The van der Waals surface area contributed by atoms with Crippen molar-refractivity contribution < 1.29 is 32.8 Å². The number of unbranched alkanes of at least 4 members (excludes halogenated alkanes) is 29. The third-order valence-corrected chi connectivity index (χ3v) is 12.2. The van der Waals surface area contributed by atoms with Crippen molar-refractivity contribution in [2.75, 3.05) is 33.0 Å². The largest absolute Gasteiger partial charge is 0.472 e. The van der Waals surface area contributed by atoms with Gasteiger partial charge < -0.3 is 20.1 Å². The average Bonchev–Trinajstić information content (AvgIpc) is 3.26. The first-order chi connectivity index (χ1) is 30.4. The van der Waals surface area contributed by atoms with Crippen LogP contribution < -0.4 is 5.73 Å². The molecule has 0 aliphatic heterocycles. The molecule has 9 heteroatoms. The molecule has 0 aromatic carbocycles. The SMILES string of the molecule is CCCCCCC/C=C\C/C=C\C/C=C\CCCCCCCCCCCCCOCC(COP(=O)(O)OCCN)OC(=O)CCCCCCCCC/C=C\CCCCCCCC. The minimum absolute atomic E-state index is 0.0973. The summed E-state index contributed by atoms with van der Waals surface area (Å²) in [7, 11) is -4.28. The number of hydrogen-bond donors (Lipinski definition) is 2. The number of rotatable bonds is 50. The average molecular weight is 894 g/mol. The summed E-state index contributed by atoms with van der Waals surface area (Å²) in [6.45, 7) is 4.92. The molecule has 2 unspecified atom stereocenters. The summed E-state index contributed by atoms with van der Waals surface area (Å²) in [5, 5.41) is 0. The van der Waals surface area contributed by atoms with Crippen LogP contribution in [0.25, 0.3) is 0 Å². The summed E-state index contributed by atoms with van der Waals surface area (Å²) in [6.07, 6.45) is 61.4. The molecule has 0 saturated carbocycles. The van der Waals surface area contributed by atoms with Crippen molar-refractivity contribution >= 4 is 13.8 Å². The normalized spacial score (nSPS) is 13.7. The number of phosphoric ester groups is 1. The zero-order chi connectivity index (χ0) is 45.1. The Kier molecular flexibility index (Phi) is 49.2. The molecule has 0 heterocycles. The summed E-state index contributed by atoms with van der Waals surface area (Å²) >= 11 is 0. The number of carbonyl (C=O) groups is 1. The van der Waals surface area contributed by atoms with Gasteiger partial charge in [0.25, 0.3) is 0 Å². The fourth-order valence-electron chi connectivity index (χ4n) is 7.35. The van der Waals surface area contributed by atoms with Crippen LogP contribution >= 0.6 is 7.82 Å². The Morgan fingerprint density at radius 3 is 1.29 bits per heavy atom. The zero-order valence-electron chi connectivity index (χ0n) is 40.6. The van der Waals surface area contributed by atoms with Crippen LogP contribution in [-0.2, 0) is 27.9 Å². The van der Waals surface area contributed by atoms with E-state index >= 15 is 0 Å². The van der Waals surface area contributed by atoms with E-state index in [0.717, 1.165) is 44.9 Å². The summed E-state index contributed by atoms with van der Waals surface area (Å²) in [4.78, 5) is 22.6. The molecular weight excluding hydrogens is 794 g/mol. The smallest absolute Gasteiger partial charge is 0.457 e. The number of nitrogens with two attached hydrogens (primary N) is 1. The van der Waals surface area contributed by atoms with E-state index in [4.69, 9.17) is 24.3 Å². The molecule has 0 rings (SSSR count). The summed E-state index contributed by atoms with van der Waals surface area (Å²) < 4.78 is 33.6. The van der Waals surface area contributed by atoms with E-state index in [1.165, 1.54) is 180 Å². The number of phosphoric acid groups is 1. The maximum atomic E-state index is 12.6. The van der Waals surface area contributed by atoms with E-state index in [0.29, 0.717) is 13.0 Å². The van der Waals surface area contributed by atoms with E-state index in [1.807, 2.05) is 0 Å². The minimum Gasteiger partial charge on any atom is -0.457 e. The highest BCUT2D eigenvalue weighted by Gasteiger charge is 2.25. The van der Waals surface area contributed by atoms with E-state index < -0.39 is 13.9 Å². The van der Waals surface area contributed by atoms with Gasteiger partial charge in [0, 0.05) is 19.6 Å². The van der Waals surface area contributed by atoms with Crippen LogP contribution in [0.2, 0.25) is 0 Å². The number of allylic oxidation sites excluding steroid dienone is 8. The molecule has 0 aliphatic rings. The summed E-state index contributed by atoms with van der Waals surface area (Å²) in [5.74, 6) is -0.334. The fraction of sp³-hybridized carbons (Fsp3) is 0.830. The standard InChI is InChI=1S/C53H100NO7P/c1-3-5-7-9-11-13-15-17-19-21-22-23-24-25-26-27-28-29-31-33-35-37-39-41-43-45-48-58-50-52(51-60-62(56,57)59-49-47-54)61-53(55)46-44-42-40-38-36-34-32-30-20-18-16-14-12-10-8-6-4-2/h15,17-18,20-22,24-25,52H,3-14,16,19,23,26-51,54H2,1-2H3,(H,56,57)/b17-15-,20-18-,22-21-,25-24-. The predicted octanol–water partition coefficient (Wildman–Crippen LogP) is 16.3. The quantitative estimate of drug-likeness (QED) is 0.0268. The van der Waals surface area contributed by atoms with Crippen LogP contribution in [0.5, 0.6) is 0 Å². The Labute approximate surface area is 383 Å². The lowest BCUT2D eigenvalue weighted by Gasteiger charge is -2.20. The molecule has 3 N–H and O–H groups in total. The van der Waals surface area contributed by atoms with Crippen molar-refractivity contribution in [1.29, 1.82) is 0 Å². The first-order valence-corrected chi connectivity index (χ1v) is 27.6. The number of ether oxygens (including phenoxy) is 2. The monoisotopic (exact) mass is 894 g/mol. The fourth-order valence-corrected chi connectivity index (χ4v) is 8.12. The Hall–Kier alpha value is -1.54. The Morgan fingerprint density at radius 2 is 0.855 bits per heavy atom. The maximum absolute atomic E-state index is 12.6. The van der Waals surface area contributed by atoms with E-state index in [2.05, 4.69) is 62.5 Å². The third-order valence-electron chi connectivity index (χ3n) is 11.2. The van der Waals surface area contributed by atoms with Gasteiger partial charge in [-0.25, -0.2) is 4.57 Å². The second-order valence-corrected chi connectivity index (χ2v) is 18.8. The van der Waals surface area contributed by atoms with Gasteiger partial charge in [-0.3, -0.25) is 13.8 Å². The summed E-state index contributed by atoms with van der Waals surface area (Å²) in [6, 6.07) is 0. The number of carbonyl (C=O) groups excluding carboxylic acids is 1. The van der Waals surface area contributed by atoms with Crippen molar-refractivity contribution in [3.8, 4) is 0 Å². The molecule has 2 atom stereocenters. The molecule has 364 valence electrons. The van der Waals surface area contributed by atoms with Crippen molar-refractivity contribution in [2.24, 2.45) is 5.73 Å². The first kappa shape index (κ1) is 60.5. The van der Waals surface area contributed by atoms with Gasteiger partial charge in [0.05, 0.1) is 19.8 Å². The van der Waals surface area contributed by atoms with Gasteiger partial charge in [-0.2, -0.15) is 0 Å². The highest BCUT2D eigenvalue weighted by molar-refractivity contribution is 7.47. The lowest BCUT2D eigenvalue weighted by molar-refractivity contribution is -0.154. The Bertz CT molecular complexity index is 1090. The highest BCUT2D eigenvalue weighted by atomic mass is 31.2. The topological polar surface area (TPSA) is 117 Å². The molecule has 8 nitrogen and oxygen atoms in total. The lowest BCUT2D eigenvalue weighted by Crippen LogP contribution is -2.28. The molecule has 62 heavy (non-hydrogen) atoms. The van der Waals surface area contributed by atoms with E-state index in [-0.39, 0.29) is 32.3 Å². The lowest BCUT2D eigenvalue weighted by atomic mass is 10.1. The van der Waals surface area contributed by atoms with Crippen LogP contribution in [0.4, 0.5) is 0 Å². The maximum Gasteiger partial charge on any atom is 0.472 e. The van der Waals surface area contributed by atoms with Crippen molar-refractivity contribution in [1.82, 2.24) is 0 Å². The van der Waals surface area contributed by atoms with Crippen molar-refractivity contribution in [3.05, 3.63) is 48.6 Å². The van der Waals surface area contributed by atoms with E-state index in [9.17, 15) is 14.3 Å². The van der Waals surface area contributed by atoms with Crippen molar-refractivity contribution in [2.45, 2.75) is 251 Å². The molecule has 0 aromatic heterocycles. The van der Waals surface area contributed by atoms with Gasteiger partial charge in [0.1, 0.15) is 6.10 Å². The molecule has 0 aliphatic carbocycles. The van der Waals surface area contributed by atoms with Crippen LogP contribution in [0.3, 0.4) is 0 Å². The van der Waals surface area contributed by atoms with E-state index in [1.54, 1.807) is 0 Å². The van der Waals surface area contributed by atoms with Gasteiger partial charge in [-0.1, -0.05) is 210 Å². The van der Waals surface area contributed by atoms with Crippen LogP contribution in [0.15, 0.2) is 48.6 Å². The van der Waals surface area contributed by atoms with Crippen molar-refractivity contribution in [3.63, 3.8) is 0 Å². The molecule has 0 radical (unpaired) electrons. The zero-order valence-corrected chi connectivity index (χ0v) is 41.5. The minimum atomic E-state index is -4.28. The Morgan fingerprint density at radius 1 is 0.484 bits per heavy atom. The molecule has 0 spiro atoms. The third kappa shape index (κ3) is 49.5. The highest BCUT2D eigenvalue weighted by Crippen LogP contribution is 2.43. The molecule has 0 aromatic rings. The van der Waals surface area contributed by atoms with Gasteiger partial charge in [0.15, 0.2) is 0 Å². The van der Waals surface area contributed by atoms with Crippen LogP contribution in [-0.4, -0.2) is 49.9 Å². The number of esters is 1. The second-order valence-electron chi connectivity index (χ2n) is 17.4. The summed E-state index contributed by atoms with van der Waals surface area (Å²) in [5.41, 5.74) is 5.39. The van der Waals surface area contributed by atoms with Gasteiger partial charge in [-0.15, -0.1) is 0 Å². The first-order valence-electron chi connectivity index (χ1n) is 26.1. The van der Waals surface area contributed by atoms with Gasteiger partial charge >= 0.3 is 13.8 Å². The molecule has 0 saturated heterocycles. The number of hydrogen-bond acceptors (Lipinski definition) is 7. The van der Waals surface area contributed by atoms with Crippen LogP contribution in [0.1, 0.15) is 245 Å². The second kappa shape index (κ2) is 50.5. The molecule has 0 amide bonds. The van der Waals surface area contributed by atoms with Gasteiger partial charge in [-0.05, 0) is 77.0 Å². The Balaban J connectivity index is 3.92.